The standard InChI is InChI=1S/C39H38O8Si/c1-42-26-15-14-25(40)31-23(26)16-27(43-2)19-10-12-21-34(32(19)31)35-22(39(47-6)38(21)46-5)13-11-20-28(44-3)17-24-29(45-4)18-30(48(7,8)9)37(41)36(24)33(20)35/h10-18,40-41H,1-9H3. The summed E-state index contributed by atoms with van der Waals surface area (Å²) in [6.07, 6.45) is 0. The first-order chi connectivity index (χ1) is 23.0. The molecule has 9 heteroatoms. The summed E-state index contributed by atoms with van der Waals surface area (Å²) in [7, 11) is 7.67. The van der Waals surface area contributed by atoms with Gasteiger partial charge in [-0.25, -0.2) is 0 Å². The minimum atomic E-state index is -2.09. The Balaban J connectivity index is 1.96. The SMILES string of the molecule is COc1ccc(O)c2c1cc(OC)c1ccc3c(OC)c(OC)c4ccc5c(OC)cc6c(OC)cc([Si](C)(C)C)c(O)c6c5c4c3c12. The van der Waals surface area contributed by atoms with Crippen molar-refractivity contribution in [2.24, 2.45) is 0 Å². The molecule has 0 saturated heterocycles. The summed E-state index contributed by atoms with van der Waals surface area (Å²) in [5.41, 5.74) is 0. The third kappa shape index (κ3) is 4.20. The Morgan fingerprint density at radius 3 is 1.29 bits per heavy atom. The van der Waals surface area contributed by atoms with Gasteiger partial charge in [0.05, 0.1) is 50.7 Å². The minimum Gasteiger partial charge on any atom is -0.507 e. The summed E-state index contributed by atoms with van der Waals surface area (Å²) >= 11 is 0. The topological polar surface area (TPSA) is 95.8 Å². The number of phenols is 2. The fourth-order valence-electron chi connectivity index (χ4n) is 7.41. The van der Waals surface area contributed by atoms with E-state index < -0.39 is 8.07 Å². The first kappa shape index (κ1) is 31.3. The van der Waals surface area contributed by atoms with Crippen LogP contribution in [0.25, 0.3) is 64.6 Å². The Kier molecular flexibility index (Phi) is 7.28. The zero-order valence-corrected chi connectivity index (χ0v) is 29.5. The van der Waals surface area contributed by atoms with Crippen LogP contribution in [-0.2, 0) is 0 Å². The monoisotopic (exact) mass is 662 g/mol. The molecule has 0 spiro atoms. The van der Waals surface area contributed by atoms with Crippen molar-refractivity contribution in [2.45, 2.75) is 19.6 Å². The van der Waals surface area contributed by atoms with E-state index in [1.165, 1.54) is 0 Å². The fourth-order valence-corrected chi connectivity index (χ4v) is 8.81. The number of aromatic hydroxyl groups is 2. The van der Waals surface area contributed by atoms with Gasteiger partial charge in [0.25, 0.3) is 0 Å². The van der Waals surface area contributed by atoms with Crippen LogP contribution >= 0.6 is 0 Å². The van der Waals surface area contributed by atoms with Gasteiger partial charge in [-0.2, -0.15) is 0 Å². The van der Waals surface area contributed by atoms with Crippen LogP contribution in [0.5, 0.6) is 46.0 Å². The van der Waals surface area contributed by atoms with E-state index in [0.29, 0.717) is 56.0 Å². The van der Waals surface area contributed by atoms with Gasteiger partial charge in [0.2, 0.25) is 0 Å². The van der Waals surface area contributed by atoms with Gasteiger partial charge in [-0.05, 0) is 59.8 Å². The number of ether oxygens (including phenoxy) is 6. The van der Waals surface area contributed by atoms with Gasteiger partial charge in [-0.3, -0.25) is 0 Å². The largest absolute Gasteiger partial charge is 0.507 e. The van der Waals surface area contributed by atoms with Gasteiger partial charge >= 0.3 is 0 Å². The van der Waals surface area contributed by atoms with E-state index >= 15 is 0 Å². The highest BCUT2D eigenvalue weighted by molar-refractivity contribution is 6.89. The summed E-state index contributed by atoms with van der Waals surface area (Å²) in [5.74, 6) is 3.83. The van der Waals surface area contributed by atoms with Crippen LogP contribution in [0.2, 0.25) is 19.6 Å². The molecule has 0 aliphatic rings. The summed E-state index contributed by atoms with van der Waals surface area (Å²) < 4.78 is 36.0. The van der Waals surface area contributed by atoms with Crippen molar-refractivity contribution >= 4 is 77.9 Å². The zero-order chi connectivity index (χ0) is 34.2. The van der Waals surface area contributed by atoms with Gasteiger partial charge in [0, 0.05) is 64.6 Å². The molecule has 0 radical (unpaired) electrons. The van der Waals surface area contributed by atoms with E-state index in [0.717, 1.165) is 48.3 Å². The third-order valence-corrected chi connectivity index (χ3v) is 11.5. The number of phenolic OH excluding ortho intramolecular Hbond substituents is 2. The maximum atomic E-state index is 12.3. The molecule has 2 N–H and O–H groups in total. The van der Waals surface area contributed by atoms with Gasteiger partial charge in [0.1, 0.15) is 34.5 Å². The van der Waals surface area contributed by atoms with Crippen molar-refractivity contribution in [3.8, 4) is 46.0 Å². The van der Waals surface area contributed by atoms with Crippen molar-refractivity contribution in [3.05, 3.63) is 54.6 Å². The summed E-state index contributed by atoms with van der Waals surface area (Å²) in [5, 5.41) is 33.6. The first-order valence-electron chi connectivity index (χ1n) is 15.6. The Morgan fingerprint density at radius 2 is 0.833 bits per heavy atom. The van der Waals surface area contributed by atoms with Crippen LogP contribution in [-0.4, -0.2) is 60.9 Å². The van der Waals surface area contributed by atoms with E-state index in [9.17, 15) is 10.2 Å². The predicted molar refractivity (Wildman–Crippen MR) is 197 cm³/mol. The van der Waals surface area contributed by atoms with Gasteiger partial charge in [-0.1, -0.05) is 19.6 Å². The highest BCUT2D eigenvalue weighted by Crippen LogP contribution is 2.54. The lowest BCUT2D eigenvalue weighted by Gasteiger charge is -2.24. The van der Waals surface area contributed by atoms with Gasteiger partial charge in [0.15, 0.2) is 11.5 Å². The second-order valence-electron chi connectivity index (χ2n) is 12.9. The third-order valence-electron chi connectivity index (χ3n) is 9.52. The number of benzene rings is 7. The Labute approximate surface area is 278 Å². The molecule has 8 nitrogen and oxygen atoms in total. The number of hydrogen-bond donors (Lipinski definition) is 2. The van der Waals surface area contributed by atoms with Crippen LogP contribution in [0, 0.1) is 0 Å². The van der Waals surface area contributed by atoms with Crippen LogP contribution < -0.4 is 33.6 Å². The Morgan fingerprint density at radius 1 is 0.417 bits per heavy atom. The number of rotatable bonds is 7. The molecular weight excluding hydrogens is 625 g/mol. The Bertz CT molecular complexity index is 2480. The van der Waals surface area contributed by atoms with Gasteiger partial charge in [-0.15, -0.1) is 0 Å². The zero-order valence-electron chi connectivity index (χ0n) is 28.5. The normalized spacial score (nSPS) is 12.0. The molecule has 0 aliphatic carbocycles. The summed E-state index contributed by atoms with van der Waals surface area (Å²) in [4.78, 5) is 0. The molecule has 0 heterocycles. The van der Waals surface area contributed by atoms with E-state index in [1.807, 2.05) is 42.5 Å². The van der Waals surface area contributed by atoms with E-state index in [4.69, 9.17) is 28.4 Å². The molecule has 0 unspecified atom stereocenters. The molecule has 0 bridgehead atoms. The van der Waals surface area contributed by atoms with E-state index in [-0.39, 0.29) is 11.5 Å². The average molecular weight is 663 g/mol. The molecule has 0 atom stereocenters. The van der Waals surface area contributed by atoms with Crippen molar-refractivity contribution in [1.82, 2.24) is 0 Å². The van der Waals surface area contributed by atoms with Crippen molar-refractivity contribution in [1.29, 1.82) is 0 Å². The molecule has 0 amide bonds. The molecule has 0 fully saturated rings. The molecule has 7 rings (SSSR count). The minimum absolute atomic E-state index is 0.0853. The predicted octanol–water partition coefficient (Wildman–Crippen LogP) is 8.61. The van der Waals surface area contributed by atoms with Gasteiger partial charge < -0.3 is 38.6 Å². The van der Waals surface area contributed by atoms with Crippen LogP contribution in [0.4, 0.5) is 0 Å². The molecule has 0 saturated carbocycles. The fraction of sp³-hybridized carbons (Fsp3) is 0.231. The molecule has 48 heavy (non-hydrogen) atoms. The van der Waals surface area contributed by atoms with Crippen LogP contribution in [0.3, 0.4) is 0 Å². The molecule has 7 aromatic carbocycles. The second kappa shape index (κ2) is 11.2. The number of fused-ring (bicyclic) bond motifs is 11. The highest BCUT2D eigenvalue weighted by Gasteiger charge is 2.29. The van der Waals surface area contributed by atoms with Crippen molar-refractivity contribution < 1.29 is 38.6 Å². The van der Waals surface area contributed by atoms with Crippen molar-refractivity contribution in [3.63, 3.8) is 0 Å². The second-order valence-corrected chi connectivity index (χ2v) is 17.9. The summed E-state index contributed by atoms with van der Waals surface area (Å²) in [6, 6.07) is 17.1. The lowest BCUT2D eigenvalue weighted by molar-refractivity contribution is 0.362. The first-order valence-corrected chi connectivity index (χ1v) is 19.1. The van der Waals surface area contributed by atoms with Crippen LogP contribution in [0.15, 0.2) is 54.6 Å². The Hall–Kier alpha value is -5.28. The maximum Gasteiger partial charge on any atom is 0.169 e. The van der Waals surface area contributed by atoms with E-state index in [1.54, 1.807) is 54.8 Å². The smallest absolute Gasteiger partial charge is 0.169 e. The molecular formula is C39H38O8Si. The number of methoxy groups -OCH3 is 6. The van der Waals surface area contributed by atoms with Crippen LogP contribution in [0.1, 0.15) is 0 Å². The quantitative estimate of drug-likeness (QED) is 0.129. The maximum absolute atomic E-state index is 12.3. The molecule has 7 aromatic rings. The average Bonchev–Trinajstić information content (AvgIpc) is 3.08. The molecule has 0 aliphatic heterocycles. The lowest BCUT2D eigenvalue weighted by atomic mass is 9.87. The summed E-state index contributed by atoms with van der Waals surface area (Å²) in [6.45, 7) is 6.59. The highest BCUT2D eigenvalue weighted by atomic mass is 28.3. The lowest BCUT2D eigenvalue weighted by Crippen LogP contribution is -2.37. The van der Waals surface area contributed by atoms with E-state index in [2.05, 4.69) is 19.6 Å². The molecule has 0 aromatic heterocycles. The molecule has 246 valence electrons. The number of hydrogen-bond acceptors (Lipinski definition) is 8. The van der Waals surface area contributed by atoms with Crippen molar-refractivity contribution in [2.75, 3.05) is 42.7 Å².